The van der Waals surface area contributed by atoms with Gasteiger partial charge in [0.15, 0.2) is 5.58 Å². The van der Waals surface area contributed by atoms with Crippen LogP contribution in [0.5, 0.6) is 0 Å². The third kappa shape index (κ3) is 3.19. The number of thiazole rings is 1. The van der Waals surface area contributed by atoms with Crippen molar-refractivity contribution >= 4 is 34.4 Å². The second-order valence-electron chi connectivity index (χ2n) is 8.88. The lowest BCUT2D eigenvalue weighted by Crippen LogP contribution is -2.43. The molecule has 1 saturated carbocycles. The standard InChI is InChI=1S/C25H24N4O2S/c1-14-7-8-16(23-26-9-10-32-23)17(11-14)24(30)29-13-18-15(2)22(18)20(29)12-27-25-28-19-5-3-4-6-21(19)31-25/h3-11,15,18,20,22H,12-13H2,1-2H3,(H,27,28)/t15?,18?,20-,22?/m1/s1. The number of rotatable bonds is 5. The molecule has 2 aromatic carbocycles. The van der Waals surface area contributed by atoms with Gasteiger partial charge in [-0.25, -0.2) is 4.98 Å². The lowest BCUT2D eigenvalue weighted by atomic mass is 10.0. The molecule has 7 heteroatoms. The zero-order valence-electron chi connectivity index (χ0n) is 18.0. The smallest absolute Gasteiger partial charge is 0.295 e. The van der Waals surface area contributed by atoms with Gasteiger partial charge in [-0.15, -0.1) is 11.3 Å². The topological polar surface area (TPSA) is 71.3 Å². The minimum Gasteiger partial charge on any atom is -0.424 e. The van der Waals surface area contributed by atoms with Crippen LogP contribution in [0, 0.1) is 24.7 Å². The number of benzene rings is 2. The number of aromatic nitrogens is 2. The molecule has 3 unspecified atom stereocenters. The molecule has 3 heterocycles. The van der Waals surface area contributed by atoms with Crippen LogP contribution in [0.25, 0.3) is 21.7 Å². The molecule has 1 N–H and O–H groups in total. The third-order valence-corrected chi connectivity index (χ3v) is 7.78. The highest BCUT2D eigenvalue weighted by molar-refractivity contribution is 7.13. The number of aryl methyl sites for hydroxylation is 1. The minimum absolute atomic E-state index is 0.0858. The van der Waals surface area contributed by atoms with Gasteiger partial charge in [-0.1, -0.05) is 36.8 Å². The van der Waals surface area contributed by atoms with E-state index in [9.17, 15) is 4.79 Å². The monoisotopic (exact) mass is 444 g/mol. The predicted molar refractivity (Wildman–Crippen MR) is 126 cm³/mol. The number of likely N-dealkylation sites (tertiary alicyclic amines) is 1. The number of nitrogens with zero attached hydrogens (tertiary/aromatic N) is 3. The molecule has 162 valence electrons. The molecule has 2 aliphatic rings. The van der Waals surface area contributed by atoms with Gasteiger partial charge in [-0.2, -0.15) is 4.98 Å². The van der Waals surface area contributed by atoms with E-state index in [-0.39, 0.29) is 11.9 Å². The number of hydrogen-bond acceptors (Lipinski definition) is 6. The van der Waals surface area contributed by atoms with E-state index in [4.69, 9.17) is 4.42 Å². The van der Waals surface area contributed by atoms with Crippen molar-refractivity contribution in [1.82, 2.24) is 14.9 Å². The number of fused-ring (bicyclic) bond motifs is 2. The summed E-state index contributed by atoms with van der Waals surface area (Å²) < 4.78 is 5.84. The van der Waals surface area contributed by atoms with E-state index >= 15 is 0 Å². The molecule has 1 amide bonds. The van der Waals surface area contributed by atoms with Crippen LogP contribution in [0.1, 0.15) is 22.8 Å². The van der Waals surface area contributed by atoms with Crippen molar-refractivity contribution in [2.75, 3.05) is 18.4 Å². The van der Waals surface area contributed by atoms with Crippen LogP contribution in [0.4, 0.5) is 6.01 Å². The molecule has 6 rings (SSSR count). The van der Waals surface area contributed by atoms with E-state index in [0.29, 0.717) is 30.3 Å². The number of hydrogen-bond donors (Lipinski definition) is 1. The third-order valence-electron chi connectivity index (χ3n) is 6.97. The van der Waals surface area contributed by atoms with Gasteiger partial charge in [0, 0.05) is 30.2 Å². The number of piperidine rings is 1. The summed E-state index contributed by atoms with van der Waals surface area (Å²) >= 11 is 1.56. The quantitative estimate of drug-likeness (QED) is 0.465. The molecule has 1 saturated heterocycles. The van der Waals surface area contributed by atoms with Gasteiger partial charge >= 0.3 is 0 Å². The first-order chi connectivity index (χ1) is 15.6. The van der Waals surface area contributed by atoms with Crippen LogP contribution in [0.3, 0.4) is 0 Å². The van der Waals surface area contributed by atoms with Crippen molar-refractivity contribution in [3.05, 3.63) is 65.2 Å². The molecule has 2 aromatic heterocycles. The molecular formula is C25H24N4O2S. The van der Waals surface area contributed by atoms with E-state index in [1.807, 2.05) is 54.8 Å². The van der Waals surface area contributed by atoms with E-state index in [2.05, 4.69) is 27.1 Å². The van der Waals surface area contributed by atoms with E-state index in [0.717, 1.165) is 39.3 Å². The number of amides is 1. The van der Waals surface area contributed by atoms with Crippen molar-refractivity contribution < 1.29 is 9.21 Å². The summed E-state index contributed by atoms with van der Waals surface area (Å²) in [5.41, 5.74) is 4.32. The highest BCUT2D eigenvalue weighted by atomic mass is 32.1. The molecule has 4 aromatic rings. The van der Waals surface area contributed by atoms with Crippen molar-refractivity contribution in [3.63, 3.8) is 0 Å². The summed E-state index contributed by atoms with van der Waals surface area (Å²) in [6, 6.07) is 14.4. The van der Waals surface area contributed by atoms with Crippen molar-refractivity contribution in [2.24, 2.45) is 17.8 Å². The Hall–Kier alpha value is -3.19. The Balaban J connectivity index is 1.27. The van der Waals surface area contributed by atoms with Gasteiger partial charge in [0.05, 0.1) is 11.6 Å². The van der Waals surface area contributed by atoms with E-state index in [1.54, 1.807) is 17.5 Å². The Labute approximate surface area is 190 Å². The fourth-order valence-electron chi connectivity index (χ4n) is 5.23. The van der Waals surface area contributed by atoms with Crippen LogP contribution in [-0.4, -0.2) is 39.9 Å². The van der Waals surface area contributed by atoms with Gasteiger partial charge in [-0.05, 0) is 42.9 Å². The predicted octanol–water partition coefficient (Wildman–Crippen LogP) is 5.08. The Bertz CT molecular complexity index is 1270. The second kappa shape index (κ2) is 7.45. The molecule has 1 aliphatic heterocycles. The number of carbonyl (C=O) groups excluding carboxylic acids is 1. The van der Waals surface area contributed by atoms with Crippen LogP contribution < -0.4 is 5.32 Å². The van der Waals surface area contributed by atoms with Gasteiger partial charge in [0.2, 0.25) is 0 Å². The lowest BCUT2D eigenvalue weighted by Gasteiger charge is -2.29. The molecule has 4 atom stereocenters. The van der Waals surface area contributed by atoms with Crippen molar-refractivity contribution in [1.29, 1.82) is 0 Å². The SMILES string of the molecule is Cc1ccc(-c2nccs2)c(C(=O)N2CC3C(C)C3[C@H]2CNc2nc3ccccc3o2)c1. The summed E-state index contributed by atoms with van der Waals surface area (Å²) in [5.74, 6) is 1.82. The molecule has 0 bridgehead atoms. The molecule has 32 heavy (non-hydrogen) atoms. The molecule has 0 spiro atoms. The maximum Gasteiger partial charge on any atom is 0.295 e. The highest BCUT2D eigenvalue weighted by Gasteiger charge is 2.59. The zero-order valence-corrected chi connectivity index (χ0v) is 18.8. The average Bonchev–Trinajstić information content (AvgIpc) is 3.30. The number of anilines is 1. The maximum atomic E-state index is 13.8. The maximum absolute atomic E-state index is 13.8. The number of nitrogens with one attached hydrogen (secondary N) is 1. The summed E-state index contributed by atoms with van der Waals surface area (Å²) in [6.45, 7) is 5.74. The largest absolute Gasteiger partial charge is 0.424 e. The van der Waals surface area contributed by atoms with Crippen molar-refractivity contribution in [2.45, 2.75) is 19.9 Å². The summed E-state index contributed by atoms with van der Waals surface area (Å²) in [4.78, 5) is 24.8. The van der Waals surface area contributed by atoms with Crippen LogP contribution in [-0.2, 0) is 0 Å². The Morgan fingerprint density at radius 3 is 2.97 bits per heavy atom. The second-order valence-corrected chi connectivity index (χ2v) is 9.77. The fraction of sp³-hybridized carbons (Fsp3) is 0.320. The highest BCUT2D eigenvalue weighted by Crippen LogP contribution is 2.55. The average molecular weight is 445 g/mol. The van der Waals surface area contributed by atoms with Crippen LogP contribution >= 0.6 is 11.3 Å². The molecular weight excluding hydrogens is 420 g/mol. The first kappa shape index (κ1) is 19.5. The minimum atomic E-state index is 0.0858. The van der Waals surface area contributed by atoms with Crippen LogP contribution in [0.15, 0.2) is 58.5 Å². The first-order valence-corrected chi connectivity index (χ1v) is 11.9. The van der Waals surface area contributed by atoms with E-state index in [1.165, 1.54) is 0 Å². The number of oxazole rings is 1. The van der Waals surface area contributed by atoms with Gasteiger partial charge in [-0.3, -0.25) is 4.79 Å². The van der Waals surface area contributed by atoms with E-state index < -0.39 is 0 Å². The summed E-state index contributed by atoms with van der Waals surface area (Å²) in [7, 11) is 0. The normalized spacial score (nSPS) is 24.0. The Kier molecular flexibility index (Phi) is 4.54. The molecule has 6 nitrogen and oxygen atoms in total. The Morgan fingerprint density at radius 2 is 2.16 bits per heavy atom. The molecule has 0 radical (unpaired) electrons. The summed E-state index contributed by atoms with van der Waals surface area (Å²) in [6.07, 6.45) is 1.79. The lowest BCUT2D eigenvalue weighted by molar-refractivity contribution is 0.0705. The summed E-state index contributed by atoms with van der Waals surface area (Å²) in [5, 5.41) is 6.19. The van der Waals surface area contributed by atoms with Gasteiger partial charge in [0.1, 0.15) is 10.5 Å². The number of carbonyl (C=O) groups is 1. The van der Waals surface area contributed by atoms with Gasteiger partial charge < -0.3 is 14.6 Å². The zero-order chi connectivity index (χ0) is 21.8. The van der Waals surface area contributed by atoms with Crippen LogP contribution in [0.2, 0.25) is 0 Å². The number of para-hydroxylation sites is 2. The Morgan fingerprint density at radius 1 is 1.28 bits per heavy atom. The molecule has 1 aliphatic carbocycles. The van der Waals surface area contributed by atoms with Crippen molar-refractivity contribution in [3.8, 4) is 10.6 Å². The first-order valence-electron chi connectivity index (χ1n) is 11.0. The van der Waals surface area contributed by atoms with Gasteiger partial charge in [0.25, 0.3) is 11.9 Å². The molecule has 2 fully saturated rings. The fourth-order valence-corrected chi connectivity index (χ4v) is 5.90.